The van der Waals surface area contributed by atoms with Crippen molar-refractivity contribution in [3.8, 4) is 0 Å². The smallest absolute Gasteiger partial charge is 0.335 e. The van der Waals surface area contributed by atoms with E-state index in [0.717, 1.165) is 28.4 Å². The first kappa shape index (κ1) is 28.0. The molecule has 15 heteroatoms. The molecule has 0 spiro atoms. The van der Waals surface area contributed by atoms with Gasteiger partial charge in [0.1, 0.15) is 30.5 Å². The van der Waals surface area contributed by atoms with Crippen LogP contribution in [-0.2, 0) is 14.5 Å². The molecule has 1 fully saturated rings. The maximum atomic E-state index is 13.4. The molecule has 2 heterocycles. The second-order valence-electron chi connectivity index (χ2n) is 8.25. The number of halogens is 2. The highest BCUT2D eigenvalue weighted by molar-refractivity contribution is 9.10. The number of carbonyl (C=O) groups is 1. The molecule has 1 aromatic carbocycles. The molecule has 0 bridgehead atoms. The molecule has 11 nitrogen and oxygen atoms in total. The maximum absolute atomic E-state index is 13.4. The second-order valence-corrected chi connectivity index (χ2v) is 12.3. The van der Waals surface area contributed by atoms with E-state index in [2.05, 4.69) is 31.2 Å². The molecule has 5 atom stereocenters. The highest BCUT2D eigenvalue weighted by Gasteiger charge is 2.44. The fourth-order valence-electron chi connectivity index (χ4n) is 3.94. The van der Waals surface area contributed by atoms with E-state index in [-0.39, 0.29) is 17.8 Å². The van der Waals surface area contributed by atoms with E-state index in [0.29, 0.717) is 14.8 Å². The number of ketones is 1. The number of carbonyl (C=O) groups excluding carboxylic acids is 1. The minimum atomic E-state index is -4.10. The Balaban J connectivity index is 1.56. The van der Waals surface area contributed by atoms with Gasteiger partial charge in [0.2, 0.25) is 5.78 Å². The summed E-state index contributed by atoms with van der Waals surface area (Å²) in [5.74, 6) is -0.336. The van der Waals surface area contributed by atoms with Crippen molar-refractivity contribution >= 4 is 60.8 Å². The topological polar surface area (TPSA) is 177 Å². The minimum Gasteiger partial charge on any atom is -0.388 e. The van der Waals surface area contributed by atoms with E-state index in [1.165, 1.54) is 12.5 Å². The van der Waals surface area contributed by atoms with Crippen molar-refractivity contribution in [3.05, 3.63) is 73.2 Å². The number of nitrogens with zero attached hydrogens (tertiary/aromatic N) is 2. The van der Waals surface area contributed by atoms with E-state index in [9.17, 15) is 23.4 Å². The summed E-state index contributed by atoms with van der Waals surface area (Å²) in [5, 5.41) is 23.7. The predicted octanol–water partition coefficient (Wildman–Crippen LogP) is 1.99. The highest BCUT2D eigenvalue weighted by atomic mass is 79.9. The highest BCUT2D eigenvalue weighted by Crippen LogP contribution is 2.36. The van der Waals surface area contributed by atoms with Crippen LogP contribution in [0.3, 0.4) is 0 Å². The molecule has 0 radical (unpaired) electrons. The van der Waals surface area contributed by atoms with Crippen molar-refractivity contribution in [1.29, 1.82) is 0 Å². The lowest BCUT2D eigenvalue weighted by molar-refractivity contribution is -0.00882. The van der Waals surface area contributed by atoms with Crippen LogP contribution in [0.5, 0.6) is 0 Å². The third-order valence-electron chi connectivity index (χ3n) is 5.89. The van der Waals surface area contributed by atoms with Crippen molar-refractivity contribution in [2.24, 2.45) is 5.73 Å². The normalized spacial score (nSPS) is 22.6. The summed E-state index contributed by atoms with van der Waals surface area (Å²) < 4.78 is 31.6. The first-order chi connectivity index (χ1) is 17.5. The number of hydrogen-bond donors (Lipinski definition) is 5. The molecule has 6 N–H and O–H groups in total. The van der Waals surface area contributed by atoms with Crippen LogP contribution in [0, 0.1) is 0 Å². The van der Waals surface area contributed by atoms with Crippen LogP contribution in [0.1, 0.15) is 38.8 Å². The van der Waals surface area contributed by atoms with Crippen LogP contribution < -0.4 is 15.8 Å². The Kier molecular flexibility index (Phi) is 8.62. The molecule has 0 saturated heterocycles. The summed E-state index contributed by atoms with van der Waals surface area (Å²) >= 11 is 10.9. The number of rotatable bonds is 9. The quantitative estimate of drug-likeness (QED) is 0.219. The molecule has 0 unspecified atom stereocenters. The van der Waals surface area contributed by atoms with E-state index < -0.39 is 46.5 Å². The van der Waals surface area contributed by atoms with Crippen LogP contribution in [0.4, 0.5) is 5.82 Å². The van der Waals surface area contributed by atoms with Gasteiger partial charge in [-0.2, -0.15) is 13.1 Å². The Hall–Kier alpha value is -2.01. The third kappa shape index (κ3) is 6.19. The third-order valence-corrected chi connectivity index (χ3v) is 8.77. The van der Waals surface area contributed by atoms with Crippen molar-refractivity contribution in [2.75, 3.05) is 12.4 Å². The van der Waals surface area contributed by atoms with Crippen LogP contribution >= 0.6 is 38.9 Å². The van der Waals surface area contributed by atoms with E-state index in [4.69, 9.17) is 21.5 Å². The number of anilines is 1. The van der Waals surface area contributed by atoms with E-state index >= 15 is 0 Å². The fraction of sp³-hybridized carbons (Fsp3) is 0.318. The average molecular weight is 633 g/mol. The number of nitrogens with two attached hydrogens (primary N) is 1. The lowest BCUT2D eigenvalue weighted by atomic mass is 10.0. The molecule has 2 aromatic heterocycles. The maximum Gasteiger partial charge on any atom is 0.335 e. The molecule has 4 rings (SSSR count). The first-order valence-electron chi connectivity index (χ1n) is 10.9. The van der Waals surface area contributed by atoms with Gasteiger partial charge in [0.05, 0.1) is 26.9 Å². The van der Waals surface area contributed by atoms with Gasteiger partial charge in [-0.25, -0.2) is 9.97 Å². The van der Waals surface area contributed by atoms with Crippen LogP contribution in [-0.4, -0.2) is 65.8 Å². The van der Waals surface area contributed by atoms with Crippen LogP contribution in [0.15, 0.2) is 47.3 Å². The molecule has 1 aliphatic carbocycles. The number of aliphatic hydroxyl groups excluding tert-OH is 2. The Bertz CT molecular complexity index is 1410. The molecule has 37 heavy (non-hydrogen) atoms. The van der Waals surface area contributed by atoms with Crippen molar-refractivity contribution in [3.63, 3.8) is 0 Å². The molecule has 0 amide bonds. The predicted molar refractivity (Wildman–Crippen MR) is 142 cm³/mol. The average Bonchev–Trinajstić information content (AvgIpc) is 3.38. The van der Waals surface area contributed by atoms with Gasteiger partial charge in [-0.05, 0) is 23.8 Å². The Morgan fingerprint density at radius 3 is 2.78 bits per heavy atom. The van der Waals surface area contributed by atoms with Gasteiger partial charge in [-0.15, -0.1) is 11.3 Å². The zero-order chi connectivity index (χ0) is 26.9. The molecule has 198 valence electrons. The van der Waals surface area contributed by atoms with Crippen molar-refractivity contribution in [2.45, 2.75) is 36.8 Å². The monoisotopic (exact) mass is 631 g/mol. The van der Waals surface area contributed by atoms with Gasteiger partial charge in [0, 0.05) is 29.7 Å². The van der Waals surface area contributed by atoms with Crippen LogP contribution in [0.25, 0.3) is 0 Å². The molecular weight excluding hydrogens is 610 g/mol. The van der Waals surface area contributed by atoms with Crippen LogP contribution in [0.2, 0.25) is 4.34 Å². The number of benzene rings is 1. The largest absolute Gasteiger partial charge is 0.388 e. The van der Waals surface area contributed by atoms with E-state index in [1.54, 1.807) is 6.07 Å². The SMILES string of the molecule is CNS(=O)(=O)O[C@@H]1C[C@@H](Nc2ncncc2C(=O)c2cc([C@H](N)c3cccc(Br)c3)c(Cl)s2)[C@H](O)[C@H]1O. The second kappa shape index (κ2) is 11.4. The standard InChI is InChI=1S/C22H23BrClN5O6S2/c1-26-37(33,34)35-15-7-14(19(31)20(15)32)29-22-13(8-27-9-28-22)18(30)16-6-12(21(24)36-16)17(25)10-3-2-4-11(23)5-10/h2-6,8-9,14-15,17,19-20,26,31-32H,7,25H2,1H3,(H,27,28,29)/t14-,15-,17-,19+,20+/m1/s1. The molecule has 1 aliphatic rings. The number of nitrogens with one attached hydrogen (secondary N) is 2. The van der Waals surface area contributed by atoms with Gasteiger partial charge < -0.3 is 21.3 Å². The Morgan fingerprint density at radius 1 is 1.32 bits per heavy atom. The summed E-state index contributed by atoms with van der Waals surface area (Å²) in [5.41, 5.74) is 7.90. The molecule has 1 saturated carbocycles. The van der Waals surface area contributed by atoms with E-state index in [1.807, 2.05) is 29.0 Å². The molecule has 0 aliphatic heterocycles. The van der Waals surface area contributed by atoms with Gasteiger partial charge in [0.25, 0.3) is 0 Å². The fourth-order valence-corrected chi connectivity index (χ4v) is 6.28. The van der Waals surface area contributed by atoms with Gasteiger partial charge >= 0.3 is 10.3 Å². The zero-order valence-corrected chi connectivity index (χ0v) is 23.2. The number of aromatic nitrogens is 2. The van der Waals surface area contributed by atoms with Crippen molar-refractivity contribution < 1.29 is 27.6 Å². The van der Waals surface area contributed by atoms with Gasteiger partial charge in [0.15, 0.2) is 0 Å². The number of thiophene rings is 1. The summed E-state index contributed by atoms with van der Waals surface area (Å²) in [7, 11) is -2.93. The number of hydrogen-bond acceptors (Lipinski definition) is 11. The van der Waals surface area contributed by atoms with Crippen molar-refractivity contribution in [1.82, 2.24) is 14.7 Å². The van der Waals surface area contributed by atoms with Gasteiger partial charge in [-0.1, -0.05) is 39.7 Å². The molecule has 3 aromatic rings. The molecular formula is C22H23BrClN5O6S2. The number of aliphatic hydroxyl groups is 2. The first-order valence-corrected chi connectivity index (χ1v) is 14.3. The Morgan fingerprint density at radius 2 is 2.08 bits per heavy atom. The minimum absolute atomic E-state index is 0.0721. The summed E-state index contributed by atoms with van der Waals surface area (Å²) in [4.78, 5) is 21.8. The zero-order valence-electron chi connectivity index (χ0n) is 19.2. The summed E-state index contributed by atoms with van der Waals surface area (Å²) in [6.45, 7) is 0. The van der Waals surface area contributed by atoms with Gasteiger partial charge in [-0.3, -0.25) is 8.98 Å². The summed E-state index contributed by atoms with van der Waals surface area (Å²) in [6, 6.07) is 7.65. The lowest BCUT2D eigenvalue weighted by Crippen LogP contribution is -2.38. The lowest BCUT2D eigenvalue weighted by Gasteiger charge is -2.19. The summed E-state index contributed by atoms with van der Waals surface area (Å²) in [6.07, 6.45) is -1.62. The Labute approximate surface area is 230 Å².